The zero-order chi connectivity index (χ0) is 25.1. The van der Waals surface area contributed by atoms with Crippen LogP contribution in [0.2, 0.25) is 0 Å². The van der Waals surface area contributed by atoms with Crippen molar-refractivity contribution >= 4 is 13.2 Å². The summed E-state index contributed by atoms with van der Waals surface area (Å²) >= 11 is 0. The quantitative estimate of drug-likeness (QED) is 0.144. The van der Waals surface area contributed by atoms with Crippen LogP contribution in [0.3, 0.4) is 0 Å². The molecule has 1 fully saturated rings. The van der Waals surface area contributed by atoms with Crippen LogP contribution in [0, 0.1) is 6.66 Å². The second-order valence-corrected chi connectivity index (χ2v) is 12.7. The first-order valence-corrected chi connectivity index (χ1v) is 13.7. The molecule has 6 atom stereocenters. The average molecular weight is 496 g/mol. The second-order valence-electron chi connectivity index (χ2n) is 9.76. The van der Waals surface area contributed by atoms with Crippen LogP contribution in [0.5, 0.6) is 0 Å². The summed E-state index contributed by atoms with van der Waals surface area (Å²) in [7, 11) is -2.84. The highest BCUT2D eigenvalue weighted by Gasteiger charge is 2.43. The zero-order valence-corrected chi connectivity index (χ0v) is 21.3. The average Bonchev–Trinajstić information content (AvgIpc) is 2.74. The Hall–Kier alpha value is -0.380. The van der Waals surface area contributed by atoms with Crippen LogP contribution in [-0.2, 0) is 23.4 Å². The molecule has 4 N–H and O–H groups in total. The first kappa shape index (κ1) is 30.7. The Labute approximate surface area is 198 Å². The third-order valence-electron chi connectivity index (χ3n) is 5.90. The van der Waals surface area contributed by atoms with Crippen molar-refractivity contribution in [3.63, 3.8) is 0 Å². The molecule has 10 heteroatoms. The van der Waals surface area contributed by atoms with E-state index in [0.717, 1.165) is 32.1 Å². The fourth-order valence-electron chi connectivity index (χ4n) is 3.31. The lowest BCUT2D eigenvalue weighted by molar-refractivity contribution is -0.301. The number of ketones is 1. The number of unbranched alkanes of at least 4 members (excludes halogenated alkanes) is 5. The molecule has 0 bridgehead atoms. The van der Waals surface area contributed by atoms with Gasteiger partial charge in [0.25, 0.3) is 0 Å². The molecule has 0 aliphatic carbocycles. The minimum Gasteiger partial charge on any atom is -0.394 e. The normalized spacial score (nSPS) is 27.9. The van der Waals surface area contributed by atoms with Crippen molar-refractivity contribution in [1.29, 1.82) is 0 Å². The third-order valence-corrected chi connectivity index (χ3v) is 8.55. The van der Waals surface area contributed by atoms with Gasteiger partial charge in [-0.15, -0.1) is 0 Å². The van der Waals surface area contributed by atoms with E-state index >= 15 is 0 Å². The summed E-state index contributed by atoms with van der Waals surface area (Å²) in [5, 5.41) is 38.1. The molecule has 0 aromatic carbocycles. The molecule has 0 radical (unpaired) electrons. The number of rotatable bonds is 16. The van der Waals surface area contributed by atoms with Gasteiger partial charge in [-0.1, -0.05) is 40.0 Å². The van der Waals surface area contributed by atoms with Crippen LogP contribution in [-0.4, -0.2) is 81.9 Å². The summed E-state index contributed by atoms with van der Waals surface area (Å²) in [6.45, 7) is 9.50. The number of ether oxygens (including phenoxy) is 2. The summed E-state index contributed by atoms with van der Waals surface area (Å²) in [6.07, 6.45) is 0.457. The lowest BCUT2D eigenvalue weighted by Crippen LogP contribution is -2.59. The molecular weight excluding hydrogens is 451 g/mol. The van der Waals surface area contributed by atoms with Gasteiger partial charge in [-0.3, -0.25) is 11.5 Å². The third kappa shape index (κ3) is 10.8. The van der Waals surface area contributed by atoms with Gasteiger partial charge in [-0.2, -0.15) is 0 Å². The summed E-state index contributed by atoms with van der Waals surface area (Å²) in [5.74, 6) is 0.203. The van der Waals surface area contributed by atoms with Crippen molar-refractivity contribution in [2.45, 2.75) is 114 Å². The number of carbonyl (C=O) groups excluding carboxylic acids is 1. The van der Waals surface area contributed by atoms with E-state index in [9.17, 15) is 24.7 Å². The first-order valence-electron chi connectivity index (χ1n) is 11.9. The maximum Gasteiger partial charge on any atom is 0.186 e. The number of Topliss-reactive ketones (excluding diaryl/α,β-unsaturated/α-hetero) is 1. The Kier molecular flexibility index (Phi) is 13.8. The summed E-state index contributed by atoms with van der Waals surface area (Å²) < 4.78 is 28.5. The molecule has 1 heterocycles. The van der Waals surface area contributed by atoms with Gasteiger partial charge in [0.2, 0.25) is 0 Å². The lowest BCUT2D eigenvalue weighted by Gasteiger charge is -2.39. The molecule has 3 unspecified atom stereocenters. The van der Waals surface area contributed by atoms with Gasteiger partial charge in [0.1, 0.15) is 30.2 Å². The van der Waals surface area contributed by atoms with Gasteiger partial charge in [0.15, 0.2) is 6.29 Å². The highest BCUT2D eigenvalue weighted by molar-refractivity contribution is 7.61. The molecule has 0 amide bonds. The van der Waals surface area contributed by atoms with Crippen molar-refractivity contribution in [2.75, 3.05) is 19.8 Å². The Morgan fingerprint density at radius 3 is 2.06 bits per heavy atom. The molecule has 1 aliphatic rings. The summed E-state index contributed by atoms with van der Waals surface area (Å²) in [5.41, 5.74) is 0. The Morgan fingerprint density at radius 2 is 1.45 bits per heavy atom. The predicted molar refractivity (Wildman–Crippen MR) is 125 cm³/mol. The minimum atomic E-state index is -2.84. The van der Waals surface area contributed by atoms with Gasteiger partial charge in [-0.25, -0.2) is 0 Å². The lowest BCUT2D eigenvalue weighted by atomic mass is 9.99. The van der Waals surface area contributed by atoms with Crippen LogP contribution < -0.4 is 0 Å². The van der Waals surface area contributed by atoms with Gasteiger partial charge < -0.3 is 39.0 Å². The molecule has 0 saturated carbocycles. The summed E-state index contributed by atoms with van der Waals surface area (Å²) in [6, 6.07) is 0. The molecule has 33 heavy (non-hydrogen) atoms. The van der Waals surface area contributed by atoms with Gasteiger partial charge in [0.05, 0.1) is 20.6 Å². The first-order chi connectivity index (χ1) is 15.4. The van der Waals surface area contributed by atoms with E-state index in [0.29, 0.717) is 32.3 Å². The predicted octanol–water partition coefficient (Wildman–Crippen LogP) is 2.77. The van der Waals surface area contributed by atoms with Crippen molar-refractivity contribution in [3.05, 3.63) is 6.66 Å². The topological polar surface area (TPSA) is 143 Å². The van der Waals surface area contributed by atoms with E-state index in [-0.39, 0.29) is 12.4 Å². The Morgan fingerprint density at radius 1 is 0.909 bits per heavy atom. The number of aliphatic hydroxyl groups excluding tert-OH is 4. The van der Waals surface area contributed by atoms with Crippen molar-refractivity contribution in [2.24, 2.45) is 0 Å². The van der Waals surface area contributed by atoms with E-state index in [1.165, 1.54) is 0 Å². The van der Waals surface area contributed by atoms with E-state index in [1.54, 1.807) is 0 Å². The molecular formula is C23H44O9P-. The molecule has 1 saturated heterocycles. The number of hydrogen-bond donors (Lipinski definition) is 4. The maximum absolute atomic E-state index is 12.3. The largest absolute Gasteiger partial charge is 0.394 e. The van der Waals surface area contributed by atoms with Crippen LogP contribution in [0.15, 0.2) is 0 Å². The Bertz CT molecular complexity index is 605. The van der Waals surface area contributed by atoms with Crippen LogP contribution in [0.1, 0.15) is 78.6 Å². The molecule has 196 valence electrons. The van der Waals surface area contributed by atoms with Crippen LogP contribution in [0.25, 0.3) is 0 Å². The monoisotopic (exact) mass is 495 g/mol. The van der Waals surface area contributed by atoms with Crippen LogP contribution in [0.4, 0.5) is 0 Å². The van der Waals surface area contributed by atoms with Crippen LogP contribution >= 0.6 is 7.37 Å². The SMILES string of the molecule is [CH2-]P(=O)(OCCCCCCCC(=O)CCCCO[C@@H]1OC(CO)[C@@H](O)[C@H](O)C1O)C(C)(C)C. The van der Waals surface area contributed by atoms with Gasteiger partial charge >= 0.3 is 0 Å². The molecule has 1 aliphatic heterocycles. The number of hydrogen-bond acceptors (Lipinski definition) is 9. The molecule has 0 spiro atoms. The second kappa shape index (κ2) is 14.9. The Balaban J connectivity index is 2.03. The highest BCUT2D eigenvalue weighted by atomic mass is 31.2. The van der Waals surface area contributed by atoms with E-state index in [1.807, 2.05) is 20.8 Å². The van der Waals surface area contributed by atoms with Crippen molar-refractivity contribution in [1.82, 2.24) is 0 Å². The summed E-state index contributed by atoms with van der Waals surface area (Å²) in [4.78, 5) is 12.0. The highest BCUT2D eigenvalue weighted by Crippen LogP contribution is 2.57. The van der Waals surface area contributed by atoms with Crippen molar-refractivity contribution < 1.29 is 43.8 Å². The van der Waals surface area contributed by atoms with Gasteiger partial charge in [0, 0.05) is 24.6 Å². The molecule has 9 nitrogen and oxygen atoms in total. The fraction of sp³-hybridized carbons (Fsp3) is 0.913. The molecule has 1 rings (SSSR count). The molecule has 0 aromatic heterocycles. The molecule has 0 aromatic rings. The van der Waals surface area contributed by atoms with E-state index in [2.05, 4.69) is 6.66 Å². The standard InChI is InChI=1S/C23H44O9P/c1-23(2,3)33(4,29)31-15-10-7-5-6-8-12-17(25)13-9-11-14-30-22-21(28)20(27)19(26)18(16-24)32-22/h18-22,24,26-28H,4-16H2,1-3H3/q-1/t18?,19-,20+,21?,22-,33?/m1/s1. The van der Waals surface area contributed by atoms with E-state index in [4.69, 9.17) is 19.1 Å². The number of aliphatic hydroxyl groups is 4. The van der Waals surface area contributed by atoms with Gasteiger partial charge in [-0.05, 0) is 25.7 Å². The van der Waals surface area contributed by atoms with E-state index < -0.39 is 49.8 Å². The number of carbonyl (C=O) groups is 1. The minimum absolute atomic E-state index is 0.203. The zero-order valence-electron chi connectivity index (χ0n) is 20.4. The van der Waals surface area contributed by atoms with Crippen molar-refractivity contribution in [3.8, 4) is 0 Å². The maximum atomic E-state index is 12.3. The smallest absolute Gasteiger partial charge is 0.186 e. The fourth-order valence-corrected chi connectivity index (χ4v) is 4.13.